The molecule has 0 aliphatic rings. The summed E-state index contributed by atoms with van der Waals surface area (Å²) < 4.78 is 7.73. The van der Waals surface area contributed by atoms with Gasteiger partial charge in [-0.3, -0.25) is 0 Å². The number of benzene rings is 1. The van der Waals surface area contributed by atoms with Crippen molar-refractivity contribution in [2.24, 2.45) is 0 Å². The summed E-state index contributed by atoms with van der Waals surface area (Å²) in [5.41, 5.74) is 2.45. The minimum Gasteiger partial charge on any atom is -0.473 e. The first-order valence-electron chi connectivity index (χ1n) is 5.95. The molecule has 17 heavy (non-hydrogen) atoms. The van der Waals surface area contributed by atoms with E-state index >= 15 is 0 Å². The van der Waals surface area contributed by atoms with Crippen molar-refractivity contribution in [3.05, 3.63) is 47.7 Å². The maximum atomic E-state index is 5.64. The molecule has 0 saturated heterocycles. The Balaban J connectivity index is 2.14. The van der Waals surface area contributed by atoms with Crippen LogP contribution >= 0.6 is 0 Å². The fourth-order valence-electron chi connectivity index (χ4n) is 1.77. The molecule has 0 bridgehead atoms. The lowest BCUT2D eigenvalue weighted by Gasteiger charge is -2.03. The quantitative estimate of drug-likeness (QED) is 0.804. The molecule has 3 heteroatoms. The van der Waals surface area contributed by atoms with Gasteiger partial charge >= 0.3 is 0 Å². The molecule has 0 atom stereocenters. The van der Waals surface area contributed by atoms with Crippen molar-refractivity contribution in [2.75, 3.05) is 0 Å². The lowest BCUT2D eigenvalue weighted by atomic mass is 10.2. The van der Waals surface area contributed by atoms with Crippen molar-refractivity contribution in [1.82, 2.24) is 5.10 Å². The third-order valence-corrected chi connectivity index (χ3v) is 2.56. The van der Waals surface area contributed by atoms with Gasteiger partial charge < -0.3 is 4.74 Å². The number of nitrogens with zero attached hydrogens (tertiary/aromatic N) is 1. The molecule has 0 saturated carbocycles. The predicted octanol–water partition coefficient (Wildman–Crippen LogP) is 2.45. The average molecular weight is 231 g/mol. The van der Waals surface area contributed by atoms with Gasteiger partial charge in [0.05, 0.1) is 12.2 Å². The Morgan fingerprint density at radius 1 is 1.24 bits per heavy atom. The maximum Gasteiger partial charge on any atom is 0.249 e. The second kappa shape index (κ2) is 5.04. The second-order valence-electron chi connectivity index (χ2n) is 4.50. The molecule has 0 aliphatic heterocycles. The van der Waals surface area contributed by atoms with Crippen molar-refractivity contribution < 1.29 is 9.42 Å². The molecule has 0 aliphatic carbocycles. The number of aryl methyl sites for hydroxylation is 1. The summed E-state index contributed by atoms with van der Waals surface area (Å²) in [5, 5.41) is 3.26. The van der Waals surface area contributed by atoms with E-state index in [9.17, 15) is 0 Å². The highest BCUT2D eigenvalue weighted by molar-refractivity contribution is 5.14. The van der Waals surface area contributed by atoms with Crippen LogP contribution in [-0.2, 0) is 6.54 Å². The van der Waals surface area contributed by atoms with Crippen LogP contribution in [-0.4, -0.2) is 11.2 Å². The van der Waals surface area contributed by atoms with Crippen LogP contribution in [0, 0.1) is 6.92 Å². The van der Waals surface area contributed by atoms with Crippen LogP contribution in [0.15, 0.2) is 36.4 Å². The fraction of sp³-hybridized carbons (Fsp3) is 0.357. The molecule has 0 radical (unpaired) electrons. The minimum absolute atomic E-state index is 0.193. The van der Waals surface area contributed by atoms with E-state index in [1.54, 1.807) is 0 Å². The number of nitrogens with one attached hydrogen (secondary N) is 1. The van der Waals surface area contributed by atoms with Crippen LogP contribution in [0.25, 0.3) is 0 Å². The Labute approximate surface area is 102 Å². The molecule has 0 amide bonds. The van der Waals surface area contributed by atoms with Crippen LogP contribution in [0.4, 0.5) is 0 Å². The lowest BCUT2D eigenvalue weighted by molar-refractivity contribution is -0.747. The number of rotatable bonds is 4. The van der Waals surface area contributed by atoms with E-state index in [0.29, 0.717) is 0 Å². The first-order valence-corrected chi connectivity index (χ1v) is 5.95. The molecular weight excluding hydrogens is 212 g/mol. The molecule has 0 spiro atoms. The van der Waals surface area contributed by atoms with Gasteiger partial charge in [0.15, 0.2) is 6.54 Å². The van der Waals surface area contributed by atoms with Gasteiger partial charge in [0.25, 0.3) is 0 Å². The summed E-state index contributed by atoms with van der Waals surface area (Å²) in [6.45, 7) is 6.97. The Morgan fingerprint density at radius 3 is 2.59 bits per heavy atom. The van der Waals surface area contributed by atoms with Crippen LogP contribution in [0.1, 0.15) is 25.1 Å². The standard InChI is InChI=1S/C14H18N2O/c1-11(2)17-14-9-12(3)16(15-14)10-13-7-5-4-6-8-13/h4-9,11H,10H2,1-3H3/p+1. The van der Waals surface area contributed by atoms with Crippen molar-refractivity contribution in [3.63, 3.8) is 0 Å². The number of aromatic nitrogens is 2. The number of H-pyrrole nitrogens is 1. The van der Waals surface area contributed by atoms with Gasteiger partial charge in [0.2, 0.25) is 11.6 Å². The van der Waals surface area contributed by atoms with E-state index in [4.69, 9.17) is 4.74 Å². The smallest absolute Gasteiger partial charge is 0.249 e. The molecule has 0 unspecified atom stereocenters. The monoisotopic (exact) mass is 231 g/mol. The second-order valence-corrected chi connectivity index (χ2v) is 4.50. The highest BCUT2D eigenvalue weighted by atomic mass is 16.5. The van der Waals surface area contributed by atoms with Crippen LogP contribution < -0.4 is 9.42 Å². The van der Waals surface area contributed by atoms with Gasteiger partial charge in [0, 0.05) is 12.5 Å². The summed E-state index contributed by atoms with van der Waals surface area (Å²) in [6.07, 6.45) is 0.193. The predicted molar refractivity (Wildman–Crippen MR) is 67.0 cm³/mol. The normalized spacial score (nSPS) is 10.8. The molecular formula is C14H19N2O+. The van der Waals surface area contributed by atoms with Gasteiger partial charge in [-0.1, -0.05) is 30.3 Å². The Bertz CT molecular complexity index is 474. The van der Waals surface area contributed by atoms with Gasteiger partial charge in [-0.15, -0.1) is 9.78 Å². The number of hydrogen-bond acceptors (Lipinski definition) is 1. The van der Waals surface area contributed by atoms with Crippen LogP contribution in [0.2, 0.25) is 0 Å². The van der Waals surface area contributed by atoms with Crippen molar-refractivity contribution in [3.8, 4) is 5.88 Å². The minimum atomic E-state index is 0.193. The summed E-state index contributed by atoms with van der Waals surface area (Å²) in [7, 11) is 0. The van der Waals surface area contributed by atoms with Crippen molar-refractivity contribution >= 4 is 0 Å². The maximum absolute atomic E-state index is 5.64. The van der Waals surface area contributed by atoms with E-state index in [1.807, 2.05) is 26.0 Å². The van der Waals surface area contributed by atoms with E-state index in [2.05, 4.69) is 41.0 Å². The largest absolute Gasteiger partial charge is 0.473 e. The zero-order valence-corrected chi connectivity index (χ0v) is 10.6. The van der Waals surface area contributed by atoms with Gasteiger partial charge in [-0.2, -0.15) is 0 Å². The Hall–Kier alpha value is -1.77. The van der Waals surface area contributed by atoms with E-state index in [0.717, 1.165) is 12.4 Å². The zero-order valence-electron chi connectivity index (χ0n) is 10.6. The molecule has 1 heterocycles. The molecule has 1 aromatic heterocycles. The topological polar surface area (TPSA) is 28.9 Å². The SMILES string of the molecule is Cc1cc(OC(C)C)[nH][n+]1Cc1ccccc1. The zero-order chi connectivity index (χ0) is 12.3. The molecule has 1 aromatic carbocycles. The number of hydrogen-bond donors (Lipinski definition) is 1. The molecule has 2 rings (SSSR count). The molecule has 90 valence electrons. The fourth-order valence-corrected chi connectivity index (χ4v) is 1.77. The molecule has 3 nitrogen and oxygen atoms in total. The first-order chi connectivity index (χ1) is 8.15. The van der Waals surface area contributed by atoms with E-state index < -0.39 is 0 Å². The highest BCUT2D eigenvalue weighted by Crippen LogP contribution is 2.09. The number of aromatic amines is 1. The Morgan fingerprint density at radius 2 is 1.94 bits per heavy atom. The third-order valence-electron chi connectivity index (χ3n) is 2.56. The molecule has 0 fully saturated rings. The van der Waals surface area contributed by atoms with Gasteiger partial charge in [-0.25, -0.2) is 0 Å². The summed E-state index contributed by atoms with van der Waals surface area (Å²) in [4.78, 5) is 0. The van der Waals surface area contributed by atoms with Gasteiger partial charge in [-0.05, 0) is 13.8 Å². The van der Waals surface area contributed by atoms with Gasteiger partial charge in [0.1, 0.15) is 0 Å². The average Bonchev–Trinajstić information content (AvgIpc) is 2.59. The summed E-state index contributed by atoms with van der Waals surface area (Å²) >= 11 is 0. The molecule has 1 N–H and O–H groups in total. The van der Waals surface area contributed by atoms with Crippen LogP contribution in [0.5, 0.6) is 5.88 Å². The van der Waals surface area contributed by atoms with Crippen molar-refractivity contribution in [2.45, 2.75) is 33.4 Å². The van der Waals surface area contributed by atoms with Crippen LogP contribution in [0.3, 0.4) is 0 Å². The van der Waals surface area contributed by atoms with Crippen molar-refractivity contribution in [1.29, 1.82) is 0 Å². The molecule has 2 aromatic rings. The van der Waals surface area contributed by atoms with E-state index in [1.165, 1.54) is 11.3 Å². The van der Waals surface area contributed by atoms with E-state index in [-0.39, 0.29) is 6.10 Å². The first kappa shape index (κ1) is 11.7. The number of ether oxygens (including phenoxy) is 1. The summed E-state index contributed by atoms with van der Waals surface area (Å²) in [6, 6.07) is 12.4. The lowest BCUT2D eigenvalue weighted by Crippen LogP contribution is -2.38. The summed E-state index contributed by atoms with van der Waals surface area (Å²) in [5.74, 6) is 0.827. The third kappa shape index (κ3) is 3.09. The highest BCUT2D eigenvalue weighted by Gasteiger charge is 2.14. The Kier molecular flexibility index (Phi) is 3.47.